The lowest BCUT2D eigenvalue weighted by Gasteiger charge is -2.19. The first kappa shape index (κ1) is 17.4. The molecule has 0 rings (SSSR count). The van der Waals surface area contributed by atoms with Crippen LogP contribution < -0.4 is 10.4 Å². The summed E-state index contributed by atoms with van der Waals surface area (Å²) in [6, 6.07) is -1.45. The van der Waals surface area contributed by atoms with Gasteiger partial charge in [0.25, 0.3) is 0 Å². The van der Waals surface area contributed by atoms with Gasteiger partial charge in [0.15, 0.2) is 0 Å². The van der Waals surface area contributed by atoms with Gasteiger partial charge in [0.05, 0.1) is 6.04 Å². The molecule has 0 spiro atoms. The first-order valence-corrected chi connectivity index (χ1v) is 6.81. The Hall–Kier alpha value is -0.650. The lowest BCUT2D eigenvalue weighted by molar-refractivity contribution is -0.142. The molecule has 0 aromatic carbocycles. The third kappa shape index (κ3) is 6.93. The van der Waals surface area contributed by atoms with Crippen molar-refractivity contribution in [2.45, 2.75) is 37.8 Å². The second kappa shape index (κ2) is 10.3. The van der Waals surface area contributed by atoms with Gasteiger partial charge in [-0.1, -0.05) is 9.39 Å². The smallest absolute Gasteiger partial charge is 0.326 e. The van der Waals surface area contributed by atoms with Crippen molar-refractivity contribution in [1.29, 1.82) is 0 Å². The van der Waals surface area contributed by atoms with Gasteiger partial charge in [-0.2, -0.15) is 12.6 Å². The van der Waals surface area contributed by atoms with Gasteiger partial charge in [-0.25, -0.2) is 4.79 Å². The van der Waals surface area contributed by atoms with E-state index in [2.05, 4.69) is 32.4 Å². The molecule has 0 aliphatic heterocycles. The summed E-state index contributed by atoms with van der Waals surface area (Å²) in [5.74, 6) is -0.956. The molecule has 0 heterocycles. The largest absolute Gasteiger partial charge is 0.480 e. The van der Waals surface area contributed by atoms with Crippen LogP contribution in [-0.4, -0.2) is 41.1 Å². The number of carbonyl (C=O) groups excluding carboxylic acids is 2. The summed E-state index contributed by atoms with van der Waals surface area (Å²) < 4.78 is 0. The number of rotatable bonds is 10. The molecule has 18 heavy (non-hydrogen) atoms. The monoisotopic (exact) mass is 294 g/mol. The quantitative estimate of drug-likeness (QED) is 0.197. The zero-order chi connectivity index (χ0) is 14.0. The van der Waals surface area contributed by atoms with Crippen molar-refractivity contribution < 1.29 is 19.5 Å². The lowest BCUT2D eigenvalue weighted by Crippen LogP contribution is -2.48. The van der Waals surface area contributed by atoms with E-state index in [0.29, 0.717) is 25.0 Å². The summed E-state index contributed by atoms with van der Waals surface area (Å²) in [6.07, 6.45) is 2.20. The van der Waals surface area contributed by atoms with Crippen LogP contribution in [0.1, 0.15) is 25.7 Å². The summed E-state index contributed by atoms with van der Waals surface area (Å²) >= 11 is 4.02. The van der Waals surface area contributed by atoms with E-state index < -0.39 is 18.1 Å². The second-order valence-electron chi connectivity index (χ2n) is 3.73. The van der Waals surface area contributed by atoms with Crippen LogP contribution in [0.15, 0.2) is 0 Å². The second-order valence-corrected chi connectivity index (χ2v) is 4.51. The molecule has 3 atom stereocenters. The maximum atomic E-state index is 11.8. The number of aldehydes is 1. The van der Waals surface area contributed by atoms with Gasteiger partial charge in [0.2, 0.25) is 5.91 Å². The minimum absolute atomic E-state index is 0.240. The van der Waals surface area contributed by atoms with Gasteiger partial charge in [-0.05, 0) is 25.0 Å². The summed E-state index contributed by atoms with van der Waals surface area (Å²) in [7, 11) is 2.23. The van der Waals surface area contributed by atoms with E-state index in [4.69, 9.17) is 5.11 Å². The zero-order valence-electron chi connectivity index (χ0n) is 9.96. The maximum Gasteiger partial charge on any atom is 0.326 e. The summed E-state index contributed by atoms with van der Waals surface area (Å²) in [4.78, 5) is 32.9. The van der Waals surface area contributed by atoms with Crippen molar-refractivity contribution in [2.24, 2.45) is 0 Å². The maximum absolute atomic E-state index is 11.8. The Bertz CT molecular complexity index is 291. The third-order valence-electron chi connectivity index (χ3n) is 2.36. The number of aliphatic carboxylic acids is 1. The zero-order valence-corrected chi connectivity index (χ0v) is 12.0. The fraction of sp³-hybridized carbons (Fsp3) is 0.700. The SMILES string of the molecule is O=CCCCC(NC(=O)C(CCS)NP)C(=O)O. The predicted molar refractivity (Wildman–Crippen MR) is 74.6 cm³/mol. The van der Waals surface area contributed by atoms with Crippen LogP contribution in [0.2, 0.25) is 0 Å². The number of carboxylic acids is 1. The molecular weight excluding hydrogens is 275 g/mol. The molecule has 6 nitrogen and oxygen atoms in total. The van der Waals surface area contributed by atoms with Crippen molar-refractivity contribution in [3.63, 3.8) is 0 Å². The lowest BCUT2D eigenvalue weighted by atomic mass is 10.1. The Labute approximate surface area is 114 Å². The molecule has 0 aromatic rings. The minimum Gasteiger partial charge on any atom is -0.480 e. The summed E-state index contributed by atoms with van der Waals surface area (Å²) in [5, 5.41) is 14.1. The average molecular weight is 294 g/mol. The molecule has 3 unspecified atom stereocenters. The highest BCUT2D eigenvalue weighted by Crippen LogP contribution is 2.03. The molecule has 0 bridgehead atoms. The van der Waals surface area contributed by atoms with Gasteiger partial charge >= 0.3 is 5.97 Å². The molecule has 0 radical (unpaired) electrons. The number of hydrogen-bond donors (Lipinski definition) is 4. The van der Waals surface area contributed by atoms with Crippen LogP contribution in [0, 0.1) is 0 Å². The molecule has 104 valence electrons. The number of hydrogen-bond acceptors (Lipinski definition) is 5. The van der Waals surface area contributed by atoms with Gasteiger partial charge in [-0.15, -0.1) is 0 Å². The highest BCUT2D eigenvalue weighted by atomic mass is 32.1. The highest BCUT2D eigenvalue weighted by molar-refractivity contribution is 7.80. The Balaban J connectivity index is 4.33. The first-order valence-electron chi connectivity index (χ1n) is 5.60. The topological polar surface area (TPSA) is 95.5 Å². The van der Waals surface area contributed by atoms with E-state index in [-0.39, 0.29) is 12.3 Å². The summed E-state index contributed by atoms with van der Waals surface area (Å²) in [6.45, 7) is 0. The molecule has 0 aromatic heterocycles. The number of thiol groups is 1. The van der Waals surface area contributed by atoms with Crippen LogP contribution in [0.3, 0.4) is 0 Å². The minimum atomic E-state index is -1.09. The first-order chi connectivity index (χ1) is 8.56. The molecule has 0 saturated carbocycles. The van der Waals surface area contributed by atoms with Crippen LogP contribution >= 0.6 is 22.0 Å². The summed E-state index contributed by atoms with van der Waals surface area (Å²) in [5.41, 5.74) is 0. The van der Waals surface area contributed by atoms with Gasteiger partial charge in [0.1, 0.15) is 12.3 Å². The van der Waals surface area contributed by atoms with E-state index >= 15 is 0 Å². The molecule has 1 amide bonds. The number of amides is 1. The van der Waals surface area contributed by atoms with Crippen molar-refractivity contribution >= 4 is 40.2 Å². The van der Waals surface area contributed by atoms with Crippen molar-refractivity contribution in [1.82, 2.24) is 10.4 Å². The number of unbranched alkanes of at least 4 members (excludes halogenated alkanes) is 1. The third-order valence-corrected chi connectivity index (χ3v) is 3.03. The Morgan fingerprint density at radius 3 is 2.44 bits per heavy atom. The van der Waals surface area contributed by atoms with E-state index in [0.717, 1.165) is 6.29 Å². The Kier molecular flexibility index (Phi) is 9.92. The van der Waals surface area contributed by atoms with Crippen LogP contribution in [0.25, 0.3) is 0 Å². The van der Waals surface area contributed by atoms with Crippen molar-refractivity contribution in [3.05, 3.63) is 0 Å². The molecule has 0 saturated heterocycles. The van der Waals surface area contributed by atoms with Crippen molar-refractivity contribution in [3.8, 4) is 0 Å². The van der Waals surface area contributed by atoms with Gasteiger partial charge in [0, 0.05) is 6.42 Å². The van der Waals surface area contributed by atoms with E-state index in [9.17, 15) is 14.4 Å². The normalized spacial score (nSPS) is 13.7. The van der Waals surface area contributed by atoms with Crippen LogP contribution in [0.5, 0.6) is 0 Å². The van der Waals surface area contributed by atoms with E-state index in [1.165, 1.54) is 0 Å². The molecule has 0 aliphatic carbocycles. The van der Waals surface area contributed by atoms with Crippen LogP contribution in [0.4, 0.5) is 0 Å². The van der Waals surface area contributed by atoms with Gasteiger partial charge in [-0.3, -0.25) is 9.88 Å². The molecular formula is C10H19N2O4PS. The van der Waals surface area contributed by atoms with Crippen LogP contribution in [-0.2, 0) is 14.4 Å². The average Bonchev–Trinajstić information content (AvgIpc) is 2.34. The van der Waals surface area contributed by atoms with Gasteiger partial charge < -0.3 is 15.2 Å². The molecule has 0 aliphatic rings. The highest BCUT2D eigenvalue weighted by Gasteiger charge is 2.23. The predicted octanol–water partition coefficient (Wildman–Crippen LogP) is -0.00680. The van der Waals surface area contributed by atoms with Crippen molar-refractivity contribution in [2.75, 3.05) is 5.75 Å². The number of carbonyl (C=O) groups is 3. The fourth-order valence-electron chi connectivity index (χ4n) is 1.35. The van der Waals surface area contributed by atoms with E-state index in [1.807, 2.05) is 0 Å². The number of carboxylic acid groups (broad SMARTS) is 1. The van der Waals surface area contributed by atoms with E-state index in [1.54, 1.807) is 0 Å². The molecule has 3 N–H and O–H groups in total. The Morgan fingerprint density at radius 2 is 2.00 bits per heavy atom. The molecule has 8 heteroatoms. The fourth-order valence-corrected chi connectivity index (χ4v) is 1.93. The standard InChI is InChI=1S/C10H19N2O4PS/c13-5-2-1-3-8(10(15)16)11-9(14)7(12-17)4-6-18/h5,7-8,12,18H,1-4,6,17H2,(H,11,14)(H,15,16). The number of nitrogens with one attached hydrogen (secondary N) is 2. The molecule has 0 fully saturated rings. The Morgan fingerprint density at radius 1 is 1.33 bits per heavy atom.